The molecule has 2 N–H and O–H groups in total. The van der Waals surface area contributed by atoms with E-state index in [-0.39, 0.29) is 11.9 Å². The SMILES string of the molecule is CN(C)C(=O)C1CCCN1Cc1cccnc1CN. The Morgan fingerprint density at radius 2 is 2.37 bits per heavy atom. The third-order valence-corrected chi connectivity index (χ3v) is 3.64. The summed E-state index contributed by atoms with van der Waals surface area (Å²) in [7, 11) is 3.63. The fraction of sp³-hybridized carbons (Fsp3) is 0.571. The van der Waals surface area contributed by atoms with Gasteiger partial charge in [0, 0.05) is 33.4 Å². The first kappa shape index (κ1) is 14.0. The number of hydrogen-bond acceptors (Lipinski definition) is 4. The van der Waals surface area contributed by atoms with Gasteiger partial charge in [0.05, 0.1) is 11.7 Å². The van der Waals surface area contributed by atoms with Crippen molar-refractivity contribution < 1.29 is 4.79 Å². The Labute approximate surface area is 114 Å². The van der Waals surface area contributed by atoms with Crippen molar-refractivity contribution in [3.63, 3.8) is 0 Å². The second kappa shape index (κ2) is 6.12. The molecule has 5 heteroatoms. The van der Waals surface area contributed by atoms with Crippen molar-refractivity contribution in [1.29, 1.82) is 0 Å². The molecule has 1 amide bonds. The van der Waals surface area contributed by atoms with Gasteiger partial charge in [-0.05, 0) is 31.0 Å². The van der Waals surface area contributed by atoms with E-state index in [2.05, 4.69) is 9.88 Å². The largest absolute Gasteiger partial charge is 0.347 e. The fourth-order valence-electron chi connectivity index (χ4n) is 2.61. The summed E-state index contributed by atoms with van der Waals surface area (Å²) in [6.07, 6.45) is 3.77. The maximum Gasteiger partial charge on any atom is 0.239 e. The van der Waals surface area contributed by atoms with Crippen molar-refractivity contribution in [2.24, 2.45) is 5.73 Å². The van der Waals surface area contributed by atoms with Crippen molar-refractivity contribution >= 4 is 5.91 Å². The highest BCUT2D eigenvalue weighted by Gasteiger charge is 2.31. The molecule has 1 fully saturated rings. The third kappa shape index (κ3) is 3.11. The summed E-state index contributed by atoms with van der Waals surface area (Å²) in [6, 6.07) is 3.97. The van der Waals surface area contributed by atoms with Crippen LogP contribution in [0.4, 0.5) is 0 Å². The Bertz CT molecular complexity index is 447. The first-order valence-electron chi connectivity index (χ1n) is 6.71. The number of nitrogens with zero attached hydrogens (tertiary/aromatic N) is 3. The van der Waals surface area contributed by atoms with E-state index in [9.17, 15) is 4.79 Å². The van der Waals surface area contributed by atoms with Gasteiger partial charge in [0.2, 0.25) is 5.91 Å². The number of carbonyl (C=O) groups is 1. The number of pyridine rings is 1. The van der Waals surface area contributed by atoms with E-state index in [4.69, 9.17) is 5.73 Å². The zero-order chi connectivity index (χ0) is 13.8. The Morgan fingerprint density at radius 3 is 3.05 bits per heavy atom. The summed E-state index contributed by atoms with van der Waals surface area (Å²) in [5.74, 6) is 0.190. The summed E-state index contributed by atoms with van der Waals surface area (Å²) in [5, 5.41) is 0. The number of carbonyl (C=O) groups excluding carboxylic acids is 1. The molecular formula is C14H22N4O. The first-order valence-corrected chi connectivity index (χ1v) is 6.71. The standard InChI is InChI=1S/C14H22N4O/c1-17(2)14(19)13-6-4-8-18(13)10-11-5-3-7-16-12(11)9-15/h3,5,7,13H,4,6,8-10,15H2,1-2H3. The lowest BCUT2D eigenvalue weighted by atomic mass is 10.1. The molecule has 19 heavy (non-hydrogen) atoms. The zero-order valence-corrected chi connectivity index (χ0v) is 11.7. The smallest absolute Gasteiger partial charge is 0.239 e. The second-order valence-electron chi connectivity index (χ2n) is 5.17. The Kier molecular flexibility index (Phi) is 4.50. The Morgan fingerprint density at radius 1 is 1.58 bits per heavy atom. The second-order valence-corrected chi connectivity index (χ2v) is 5.17. The lowest BCUT2D eigenvalue weighted by molar-refractivity contribution is -0.133. The molecule has 2 heterocycles. The summed E-state index contributed by atoms with van der Waals surface area (Å²) >= 11 is 0. The van der Waals surface area contributed by atoms with E-state index in [1.165, 1.54) is 0 Å². The lowest BCUT2D eigenvalue weighted by Gasteiger charge is -2.26. The summed E-state index contributed by atoms with van der Waals surface area (Å²) in [6.45, 7) is 2.16. The number of likely N-dealkylation sites (tertiary alicyclic amines) is 1. The van der Waals surface area contributed by atoms with Crippen LogP contribution in [0.3, 0.4) is 0 Å². The van der Waals surface area contributed by atoms with Gasteiger partial charge in [0.15, 0.2) is 0 Å². The van der Waals surface area contributed by atoms with Gasteiger partial charge in [0.25, 0.3) is 0 Å². The molecule has 0 saturated carbocycles. The van der Waals surface area contributed by atoms with Gasteiger partial charge < -0.3 is 10.6 Å². The van der Waals surface area contributed by atoms with Crippen LogP contribution in [0, 0.1) is 0 Å². The summed E-state index contributed by atoms with van der Waals surface area (Å²) < 4.78 is 0. The van der Waals surface area contributed by atoms with Crippen LogP contribution in [-0.2, 0) is 17.9 Å². The minimum atomic E-state index is 0.000769. The van der Waals surface area contributed by atoms with Crippen LogP contribution in [0.15, 0.2) is 18.3 Å². The van der Waals surface area contributed by atoms with Gasteiger partial charge >= 0.3 is 0 Å². The summed E-state index contributed by atoms with van der Waals surface area (Å²) in [4.78, 5) is 20.4. The Balaban J connectivity index is 2.11. The minimum Gasteiger partial charge on any atom is -0.347 e. The third-order valence-electron chi connectivity index (χ3n) is 3.64. The van der Waals surface area contributed by atoms with Crippen molar-refractivity contribution in [2.75, 3.05) is 20.6 Å². The van der Waals surface area contributed by atoms with E-state index < -0.39 is 0 Å². The highest BCUT2D eigenvalue weighted by Crippen LogP contribution is 2.22. The number of likely N-dealkylation sites (N-methyl/N-ethyl adjacent to an activating group) is 1. The molecule has 0 bridgehead atoms. The van der Waals surface area contributed by atoms with Crippen molar-refractivity contribution in [3.05, 3.63) is 29.6 Å². The van der Waals surface area contributed by atoms with Gasteiger partial charge in [-0.3, -0.25) is 14.7 Å². The van der Waals surface area contributed by atoms with Gasteiger partial charge in [-0.1, -0.05) is 6.07 Å². The maximum atomic E-state index is 12.1. The van der Waals surface area contributed by atoms with Gasteiger partial charge in [-0.25, -0.2) is 0 Å². The highest BCUT2D eigenvalue weighted by atomic mass is 16.2. The summed E-state index contributed by atoms with van der Waals surface area (Å²) in [5.41, 5.74) is 7.76. The quantitative estimate of drug-likeness (QED) is 0.863. The van der Waals surface area contributed by atoms with Crippen LogP contribution in [0.25, 0.3) is 0 Å². The number of rotatable bonds is 4. The van der Waals surface area contributed by atoms with Crippen LogP contribution in [0.1, 0.15) is 24.1 Å². The maximum absolute atomic E-state index is 12.1. The molecule has 1 saturated heterocycles. The fourth-order valence-corrected chi connectivity index (χ4v) is 2.61. The number of hydrogen-bond donors (Lipinski definition) is 1. The van der Waals surface area contributed by atoms with E-state index >= 15 is 0 Å². The molecule has 1 atom stereocenters. The molecule has 1 aliphatic rings. The molecule has 1 aromatic rings. The van der Waals surface area contributed by atoms with Gasteiger partial charge in [0.1, 0.15) is 0 Å². The molecule has 0 spiro atoms. The van der Waals surface area contributed by atoms with E-state index in [1.807, 2.05) is 26.2 Å². The molecule has 0 aliphatic carbocycles. The van der Waals surface area contributed by atoms with E-state index in [1.54, 1.807) is 11.1 Å². The van der Waals surface area contributed by atoms with Crippen LogP contribution >= 0.6 is 0 Å². The minimum absolute atomic E-state index is 0.000769. The monoisotopic (exact) mass is 262 g/mol. The predicted octanol–water partition coefficient (Wildman–Crippen LogP) is 0.593. The topological polar surface area (TPSA) is 62.5 Å². The van der Waals surface area contributed by atoms with E-state index in [0.717, 1.165) is 37.2 Å². The average molecular weight is 262 g/mol. The van der Waals surface area contributed by atoms with Crippen molar-refractivity contribution in [1.82, 2.24) is 14.8 Å². The molecular weight excluding hydrogens is 240 g/mol. The lowest BCUT2D eigenvalue weighted by Crippen LogP contribution is -2.42. The van der Waals surface area contributed by atoms with Crippen molar-refractivity contribution in [3.8, 4) is 0 Å². The predicted molar refractivity (Wildman–Crippen MR) is 74.3 cm³/mol. The van der Waals surface area contributed by atoms with Gasteiger partial charge in [-0.2, -0.15) is 0 Å². The highest BCUT2D eigenvalue weighted by molar-refractivity contribution is 5.81. The molecule has 1 aliphatic heterocycles. The van der Waals surface area contributed by atoms with Crippen LogP contribution in [0.2, 0.25) is 0 Å². The van der Waals surface area contributed by atoms with Crippen LogP contribution < -0.4 is 5.73 Å². The molecule has 5 nitrogen and oxygen atoms in total. The molecule has 104 valence electrons. The molecule has 1 unspecified atom stereocenters. The molecule has 1 aromatic heterocycles. The van der Waals surface area contributed by atoms with E-state index in [0.29, 0.717) is 6.54 Å². The van der Waals surface area contributed by atoms with Crippen LogP contribution in [0.5, 0.6) is 0 Å². The number of aromatic nitrogens is 1. The van der Waals surface area contributed by atoms with Crippen LogP contribution in [-0.4, -0.2) is 47.4 Å². The average Bonchev–Trinajstić information content (AvgIpc) is 2.86. The number of nitrogens with two attached hydrogens (primary N) is 1. The first-order chi connectivity index (χ1) is 9.13. The molecule has 2 rings (SSSR count). The van der Waals surface area contributed by atoms with Crippen molar-refractivity contribution in [2.45, 2.75) is 32.0 Å². The van der Waals surface area contributed by atoms with Gasteiger partial charge in [-0.15, -0.1) is 0 Å². The normalized spacial score (nSPS) is 19.6. The molecule has 0 aromatic carbocycles. The zero-order valence-electron chi connectivity index (χ0n) is 11.7. The number of amides is 1. The molecule has 0 radical (unpaired) electrons. The Hall–Kier alpha value is -1.46.